The van der Waals surface area contributed by atoms with Crippen LogP contribution in [-0.2, 0) is 4.74 Å². The number of hydrogen-bond donors (Lipinski definition) is 1. The fourth-order valence-corrected chi connectivity index (χ4v) is 0.386. The van der Waals surface area contributed by atoms with Crippen LogP contribution in [0.3, 0.4) is 0 Å². The molecule has 0 saturated heterocycles. The van der Waals surface area contributed by atoms with Crippen LogP contribution in [0.25, 0.3) is 0 Å². The van der Waals surface area contributed by atoms with Crippen molar-refractivity contribution < 1.29 is 9.84 Å². The molecule has 3 nitrogen and oxygen atoms in total. The smallest absolute Gasteiger partial charge is 0.156 e. The third-order valence-electron chi connectivity index (χ3n) is 0.798. The maximum atomic E-state index is 8.79. The Kier molecular flexibility index (Phi) is 5.51. The Balaban J connectivity index is 3.04. The summed E-state index contributed by atoms with van der Waals surface area (Å²) < 4.78 is 4.75. The highest BCUT2D eigenvalue weighted by molar-refractivity contribution is 4.64. The molecule has 0 aromatic carbocycles. The first-order chi connectivity index (χ1) is 4.31. The highest BCUT2D eigenvalue weighted by Crippen LogP contribution is 1.91. The normalized spacial score (nSPS) is 13.1. The van der Waals surface area contributed by atoms with Crippen LogP contribution in [0.15, 0.2) is 12.7 Å². The van der Waals surface area contributed by atoms with E-state index in [0.717, 1.165) is 0 Å². The predicted molar refractivity (Wildman–Crippen MR) is 34.7 cm³/mol. The van der Waals surface area contributed by atoms with Gasteiger partial charge in [0.2, 0.25) is 0 Å². The highest BCUT2D eigenvalue weighted by atomic mass is 16.6. The lowest BCUT2D eigenvalue weighted by Gasteiger charge is -2.06. The summed E-state index contributed by atoms with van der Waals surface area (Å²) in [5, 5.41) is 8.79. The van der Waals surface area contributed by atoms with E-state index in [9.17, 15) is 0 Å². The van der Waals surface area contributed by atoms with E-state index in [1.165, 1.54) is 0 Å². The van der Waals surface area contributed by atoms with Crippen LogP contribution in [0.4, 0.5) is 0 Å². The molecule has 0 aliphatic heterocycles. The van der Waals surface area contributed by atoms with Crippen molar-refractivity contribution in [2.45, 2.75) is 12.7 Å². The van der Waals surface area contributed by atoms with E-state index >= 15 is 0 Å². The van der Waals surface area contributed by atoms with Crippen molar-refractivity contribution in [3.05, 3.63) is 12.7 Å². The van der Waals surface area contributed by atoms with Crippen LogP contribution in [0, 0.1) is 0 Å². The molecule has 0 rings (SSSR count). The molecule has 0 heterocycles. The van der Waals surface area contributed by atoms with Crippen LogP contribution in [0.2, 0.25) is 0 Å². The fraction of sp³-hybridized carbons (Fsp3) is 0.667. The van der Waals surface area contributed by atoms with Crippen LogP contribution in [0.5, 0.6) is 0 Å². The summed E-state index contributed by atoms with van der Waals surface area (Å²) in [7, 11) is 0. The summed E-state index contributed by atoms with van der Waals surface area (Å²) in [6.45, 7) is 3.95. The summed E-state index contributed by atoms with van der Waals surface area (Å²) in [6, 6.07) is 0. The number of hydrogen-bond acceptors (Lipinski definition) is 2. The number of nitrogens with one attached hydrogen (secondary N) is 1. The SMILES string of the molecule is C=CCOC(O)CC[NH]. The molecule has 1 radical (unpaired) electrons. The Morgan fingerprint density at radius 1 is 1.78 bits per heavy atom. The van der Waals surface area contributed by atoms with Gasteiger partial charge < -0.3 is 9.84 Å². The van der Waals surface area contributed by atoms with Gasteiger partial charge in [-0.15, -0.1) is 6.58 Å². The van der Waals surface area contributed by atoms with Crippen molar-refractivity contribution in [3.8, 4) is 0 Å². The van der Waals surface area contributed by atoms with E-state index in [1.54, 1.807) is 6.08 Å². The van der Waals surface area contributed by atoms with Crippen molar-refractivity contribution in [2.75, 3.05) is 13.2 Å². The molecule has 1 atom stereocenters. The summed E-state index contributed by atoms with van der Waals surface area (Å²) in [5.41, 5.74) is 6.70. The summed E-state index contributed by atoms with van der Waals surface area (Å²) >= 11 is 0. The lowest BCUT2D eigenvalue weighted by atomic mass is 10.4. The molecule has 0 bridgehead atoms. The number of aliphatic hydroxyl groups excluding tert-OH is 1. The average Bonchev–Trinajstić information content (AvgIpc) is 1.85. The van der Waals surface area contributed by atoms with Crippen molar-refractivity contribution in [2.24, 2.45) is 0 Å². The predicted octanol–water partition coefficient (Wildman–Crippen LogP) is 0.180. The number of rotatable bonds is 5. The van der Waals surface area contributed by atoms with E-state index in [4.69, 9.17) is 15.6 Å². The monoisotopic (exact) mass is 130 g/mol. The van der Waals surface area contributed by atoms with Crippen LogP contribution in [-0.4, -0.2) is 24.5 Å². The minimum atomic E-state index is -0.791. The second-order valence-corrected chi connectivity index (χ2v) is 1.62. The standard InChI is InChI=1S/C6H12NO2/c1-2-5-9-6(8)3-4-7/h2,6-8H,1,3-5H2. The van der Waals surface area contributed by atoms with Gasteiger partial charge in [-0.05, 0) is 0 Å². The first-order valence-corrected chi connectivity index (χ1v) is 2.86. The minimum Gasteiger partial charge on any atom is -0.368 e. The molecule has 0 saturated carbocycles. The maximum absolute atomic E-state index is 8.79. The maximum Gasteiger partial charge on any atom is 0.156 e. The summed E-state index contributed by atoms with van der Waals surface area (Å²) in [4.78, 5) is 0. The quantitative estimate of drug-likeness (QED) is 0.426. The van der Waals surface area contributed by atoms with Crippen LogP contribution in [0.1, 0.15) is 6.42 Å². The largest absolute Gasteiger partial charge is 0.368 e. The van der Waals surface area contributed by atoms with Gasteiger partial charge >= 0.3 is 0 Å². The lowest BCUT2D eigenvalue weighted by Crippen LogP contribution is -2.13. The van der Waals surface area contributed by atoms with Crippen LogP contribution < -0.4 is 5.73 Å². The van der Waals surface area contributed by atoms with E-state index in [-0.39, 0.29) is 6.54 Å². The van der Waals surface area contributed by atoms with Gasteiger partial charge in [-0.3, -0.25) is 5.73 Å². The zero-order valence-electron chi connectivity index (χ0n) is 5.34. The summed E-state index contributed by atoms with van der Waals surface area (Å²) in [6.07, 6.45) is 1.14. The molecule has 0 amide bonds. The van der Waals surface area contributed by atoms with E-state index in [0.29, 0.717) is 13.0 Å². The van der Waals surface area contributed by atoms with Crippen molar-refractivity contribution in [3.63, 3.8) is 0 Å². The third kappa shape index (κ3) is 5.49. The van der Waals surface area contributed by atoms with Gasteiger partial charge in [0.1, 0.15) is 0 Å². The molecule has 0 aromatic heterocycles. The zero-order chi connectivity index (χ0) is 7.11. The fourth-order valence-electron chi connectivity index (χ4n) is 0.386. The van der Waals surface area contributed by atoms with Gasteiger partial charge in [-0.2, -0.15) is 0 Å². The highest BCUT2D eigenvalue weighted by Gasteiger charge is 1.98. The van der Waals surface area contributed by atoms with E-state index < -0.39 is 6.29 Å². The van der Waals surface area contributed by atoms with Crippen molar-refractivity contribution in [1.29, 1.82) is 0 Å². The molecule has 1 unspecified atom stereocenters. The molecular formula is C6H12NO2. The lowest BCUT2D eigenvalue weighted by molar-refractivity contribution is -0.0911. The van der Waals surface area contributed by atoms with Gasteiger partial charge in [0.15, 0.2) is 6.29 Å². The second kappa shape index (κ2) is 5.75. The van der Waals surface area contributed by atoms with Gasteiger partial charge in [0.25, 0.3) is 0 Å². The molecule has 0 fully saturated rings. The van der Waals surface area contributed by atoms with Gasteiger partial charge in [-0.1, -0.05) is 6.08 Å². The van der Waals surface area contributed by atoms with Crippen molar-refractivity contribution in [1.82, 2.24) is 5.73 Å². The van der Waals surface area contributed by atoms with Crippen LogP contribution >= 0.6 is 0 Å². The molecule has 0 aliphatic rings. The van der Waals surface area contributed by atoms with Crippen molar-refractivity contribution >= 4 is 0 Å². The topological polar surface area (TPSA) is 53.3 Å². The summed E-state index contributed by atoms with van der Waals surface area (Å²) in [5.74, 6) is 0. The number of aliphatic hydroxyl groups is 1. The molecule has 3 heteroatoms. The Labute approximate surface area is 55.1 Å². The number of ether oxygens (including phenoxy) is 1. The zero-order valence-corrected chi connectivity index (χ0v) is 5.34. The van der Waals surface area contributed by atoms with E-state index in [2.05, 4.69) is 6.58 Å². The Morgan fingerprint density at radius 3 is 2.89 bits per heavy atom. The first-order valence-electron chi connectivity index (χ1n) is 2.86. The van der Waals surface area contributed by atoms with Gasteiger partial charge in [0.05, 0.1) is 6.61 Å². The molecule has 0 spiro atoms. The Bertz CT molecular complexity index is 75.5. The van der Waals surface area contributed by atoms with E-state index in [1.807, 2.05) is 0 Å². The molecular weight excluding hydrogens is 118 g/mol. The Hall–Kier alpha value is -0.380. The third-order valence-corrected chi connectivity index (χ3v) is 0.798. The Morgan fingerprint density at radius 2 is 2.44 bits per heavy atom. The molecule has 0 aliphatic carbocycles. The molecule has 9 heavy (non-hydrogen) atoms. The minimum absolute atomic E-state index is 0.193. The van der Waals surface area contributed by atoms with Gasteiger partial charge in [0, 0.05) is 13.0 Å². The molecule has 53 valence electrons. The first kappa shape index (κ1) is 8.62. The van der Waals surface area contributed by atoms with Gasteiger partial charge in [-0.25, -0.2) is 0 Å². The molecule has 0 aromatic rings. The average molecular weight is 130 g/mol. The molecule has 2 N–H and O–H groups in total. The second-order valence-electron chi connectivity index (χ2n) is 1.62.